The monoisotopic (exact) mass is 257 g/mol. The lowest BCUT2D eigenvalue weighted by Gasteiger charge is -2.13. The molecule has 1 aliphatic rings. The summed E-state index contributed by atoms with van der Waals surface area (Å²) in [7, 11) is 1.79. The molecule has 0 aliphatic carbocycles. The third-order valence-electron chi connectivity index (χ3n) is 2.91. The number of unbranched alkanes of at least 4 members (excludes halogenated alkanes) is 1. The van der Waals surface area contributed by atoms with Gasteiger partial charge in [-0.2, -0.15) is 0 Å². The number of hydrogen-bond donors (Lipinski definition) is 2. The first-order chi connectivity index (χ1) is 8.86. The van der Waals surface area contributed by atoms with E-state index in [4.69, 9.17) is 9.47 Å². The lowest BCUT2D eigenvalue weighted by Crippen LogP contribution is -2.39. The SMILES string of the molecule is CCCCNC(=NC)NCCOCC1CCCO1. The van der Waals surface area contributed by atoms with E-state index in [1.165, 1.54) is 12.8 Å². The summed E-state index contributed by atoms with van der Waals surface area (Å²) in [6, 6.07) is 0. The molecule has 0 aromatic carbocycles. The number of guanidine groups is 1. The second kappa shape index (κ2) is 10.1. The van der Waals surface area contributed by atoms with Crippen molar-refractivity contribution >= 4 is 5.96 Å². The molecule has 1 saturated heterocycles. The molecule has 1 unspecified atom stereocenters. The van der Waals surface area contributed by atoms with E-state index in [-0.39, 0.29) is 0 Å². The molecule has 0 spiro atoms. The molecule has 5 nitrogen and oxygen atoms in total. The van der Waals surface area contributed by atoms with Crippen LogP contribution in [0.1, 0.15) is 32.6 Å². The number of rotatable bonds is 8. The van der Waals surface area contributed by atoms with E-state index in [9.17, 15) is 0 Å². The summed E-state index contributed by atoms with van der Waals surface area (Å²) in [5.41, 5.74) is 0. The predicted molar refractivity (Wildman–Crippen MR) is 74.1 cm³/mol. The summed E-state index contributed by atoms with van der Waals surface area (Å²) >= 11 is 0. The molecule has 0 saturated carbocycles. The minimum absolute atomic E-state index is 0.312. The van der Waals surface area contributed by atoms with Crippen molar-refractivity contribution in [2.75, 3.05) is 40.0 Å². The second-order valence-corrected chi connectivity index (χ2v) is 4.49. The van der Waals surface area contributed by atoms with E-state index < -0.39 is 0 Å². The topological polar surface area (TPSA) is 54.9 Å². The van der Waals surface area contributed by atoms with Crippen LogP contribution in [0.15, 0.2) is 4.99 Å². The Balaban J connectivity index is 1.94. The Kier molecular flexibility index (Phi) is 8.59. The van der Waals surface area contributed by atoms with E-state index >= 15 is 0 Å². The van der Waals surface area contributed by atoms with Gasteiger partial charge in [-0.25, -0.2) is 0 Å². The van der Waals surface area contributed by atoms with Crippen LogP contribution in [0.25, 0.3) is 0 Å². The fraction of sp³-hybridized carbons (Fsp3) is 0.923. The summed E-state index contributed by atoms with van der Waals surface area (Å²) in [6.45, 7) is 6.21. The zero-order valence-corrected chi connectivity index (χ0v) is 11.7. The van der Waals surface area contributed by atoms with Crippen LogP contribution in [-0.4, -0.2) is 52.0 Å². The molecule has 0 bridgehead atoms. The van der Waals surface area contributed by atoms with Gasteiger partial charge in [-0.05, 0) is 19.3 Å². The Morgan fingerprint density at radius 2 is 2.22 bits per heavy atom. The fourth-order valence-electron chi connectivity index (χ4n) is 1.84. The first-order valence-electron chi connectivity index (χ1n) is 7.00. The Labute approximate surface area is 110 Å². The molecule has 18 heavy (non-hydrogen) atoms. The van der Waals surface area contributed by atoms with E-state index in [2.05, 4.69) is 22.5 Å². The Morgan fingerprint density at radius 3 is 2.89 bits per heavy atom. The zero-order chi connectivity index (χ0) is 13.1. The van der Waals surface area contributed by atoms with Gasteiger partial charge in [0.15, 0.2) is 5.96 Å². The van der Waals surface area contributed by atoms with Crippen LogP contribution in [-0.2, 0) is 9.47 Å². The minimum Gasteiger partial charge on any atom is -0.377 e. The fourth-order valence-corrected chi connectivity index (χ4v) is 1.84. The van der Waals surface area contributed by atoms with Gasteiger partial charge in [0, 0.05) is 26.7 Å². The lowest BCUT2D eigenvalue weighted by atomic mass is 10.2. The van der Waals surface area contributed by atoms with Crippen molar-refractivity contribution in [1.82, 2.24) is 10.6 Å². The molecule has 5 heteroatoms. The quantitative estimate of drug-likeness (QED) is 0.389. The van der Waals surface area contributed by atoms with E-state index in [1.807, 2.05) is 0 Å². The summed E-state index contributed by atoms with van der Waals surface area (Å²) in [5, 5.41) is 6.49. The lowest BCUT2D eigenvalue weighted by molar-refractivity contribution is 0.0191. The Bertz CT molecular complexity index is 228. The van der Waals surface area contributed by atoms with Crippen molar-refractivity contribution < 1.29 is 9.47 Å². The largest absolute Gasteiger partial charge is 0.377 e. The van der Waals surface area contributed by atoms with E-state index in [0.29, 0.717) is 19.3 Å². The first kappa shape index (κ1) is 15.2. The van der Waals surface area contributed by atoms with E-state index in [1.54, 1.807) is 7.05 Å². The average molecular weight is 257 g/mol. The van der Waals surface area contributed by atoms with Gasteiger partial charge < -0.3 is 20.1 Å². The predicted octanol–water partition coefficient (Wildman–Crippen LogP) is 1.15. The van der Waals surface area contributed by atoms with Crippen molar-refractivity contribution in [3.63, 3.8) is 0 Å². The van der Waals surface area contributed by atoms with Crippen molar-refractivity contribution in [3.8, 4) is 0 Å². The van der Waals surface area contributed by atoms with Crippen molar-refractivity contribution in [2.24, 2.45) is 4.99 Å². The minimum atomic E-state index is 0.312. The second-order valence-electron chi connectivity index (χ2n) is 4.49. The highest BCUT2D eigenvalue weighted by molar-refractivity contribution is 5.79. The highest BCUT2D eigenvalue weighted by Gasteiger charge is 2.14. The van der Waals surface area contributed by atoms with Gasteiger partial charge in [0.1, 0.15) is 0 Å². The summed E-state index contributed by atoms with van der Waals surface area (Å²) < 4.78 is 11.1. The molecule has 1 rings (SSSR count). The van der Waals surface area contributed by atoms with Crippen LogP contribution in [0.2, 0.25) is 0 Å². The standard InChI is InChI=1S/C13H27N3O2/c1-3-4-7-15-13(14-2)16-8-10-17-11-12-6-5-9-18-12/h12H,3-11H2,1-2H3,(H2,14,15,16). The zero-order valence-electron chi connectivity index (χ0n) is 11.7. The van der Waals surface area contributed by atoms with Crippen LogP contribution in [0.3, 0.4) is 0 Å². The molecular weight excluding hydrogens is 230 g/mol. The Hall–Kier alpha value is -0.810. The normalized spacial score (nSPS) is 20.1. The van der Waals surface area contributed by atoms with Crippen molar-refractivity contribution in [2.45, 2.75) is 38.7 Å². The van der Waals surface area contributed by atoms with Crippen LogP contribution < -0.4 is 10.6 Å². The molecule has 1 heterocycles. The van der Waals surface area contributed by atoms with Crippen molar-refractivity contribution in [3.05, 3.63) is 0 Å². The van der Waals surface area contributed by atoms with Gasteiger partial charge in [-0.1, -0.05) is 13.3 Å². The Morgan fingerprint density at radius 1 is 1.39 bits per heavy atom. The number of aliphatic imine (C=N–C) groups is 1. The van der Waals surface area contributed by atoms with Crippen LogP contribution in [0.4, 0.5) is 0 Å². The molecule has 0 aromatic rings. The number of hydrogen-bond acceptors (Lipinski definition) is 3. The summed E-state index contributed by atoms with van der Waals surface area (Å²) in [4.78, 5) is 4.15. The maximum absolute atomic E-state index is 5.57. The summed E-state index contributed by atoms with van der Waals surface area (Å²) in [6.07, 6.45) is 4.96. The van der Waals surface area contributed by atoms with Crippen LogP contribution in [0.5, 0.6) is 0 Å². The molecule has 0 amide bonds. The first-order valence-corrected chi connectivity index (χ1v) is 7.00. The van der Waals surface area contributed by atoms with Gasteiger partial charge in [-0.3, -0.25) is 4.99 Å². The van der Waals surface area contributed by atoms with Gasteiger partial charge >= 0.3 is 0 Å². The highest BCUT2D eigenvalue weighted by atomic mass is 16.5. The molecule has 1 fully saturated rings. The third-order valence-corrected chi connectivity index (χ3v) is 2.91. The van der Waals surface area contributed by atoms with Crippen LogP contribution in [0, 0.1) is 0 Å². The maximum atomic E-state index is 5.57. The molecule has 0 radical (unpaired) electrons. The molecule has 0 aromatic heterocycles. The number of ether oxygens (including phenoxy) is 2. The average Bonchev–Trinajstić information content (AvgIpc) is 2.89. The third kappa shape index (κ3) is 6.81. The van der Waals surface area contributed by atoms with Gasteiger partial charge in [0.2, 0.25) is 0 Å². The smallest absolute Gasteiger partial charge is 0.191 e. The van der Waals surface area contributed by atoms with E-state index in [0.717, 1.165) is 38.5 Å². The summed E-state index contributed by atoms with van der Waals surface area (Å²) in [5.74, 6) is 0.851. The molecule has 2 N–H and O–H groups in total. The molecule has 1 atom stereocenters. The molecular formula is C13H27N3O2. The number of nitrogens with one attached hydrogen (secondary N) is 2. The van der Waals surface area contributed by atoms with Gasteiger partial charge in [-0.15, -0.1) is 0 Å². The van der Waals surface area contributed by atoms with Crippen molar-refractivity contribution in [1.29, 1.82) is 0 Å². The molecule has 1 aliphatic heterocycles. The highest BCUT2D eigenvalue weighted by Crippen LogP contribution is 2.11. The number of nitrogens with zero attached hydrogens (tertiary/aromatic N) is 1. The van der Waals surface area contributed by atoms with Gasteiger partial charge in [0.05, 0.1) is 19.3 Å². The van der Waals surface area contributed by atoms with Gasteiger partial charge in [0.25, 0.3) is 0 Å². The van der Waals surface area contributed by atoms with Crippen LogP contribution >= 0.6 is 0 Å². The maximum Gasteiger partial charge on any atom is 0.191 e. The molecule has 106 valence electrons.